The van der Waals surface area contributed by atoms with Crippen molar-refractivity contribution in [2.75, 3.05) is 7.11 Å². The molecule has 0 saturated heterocycles. The number of ether oxygens (including phenoxy) is 1. The number of aryl methyl sites for hydroxylation is 1. The van der Waals surface area contributed by atoms with Crippen molar-refractivity contribution in [2.45, 2.75) is 13.5 Å². The van der Waals surface area contributed by atoms with Crippen LogP contribution in [0.1, 0.15) is 11.3 Å². The Morgan fingerprint density at radius 2 is 2.17 bits per heavy atom. The second-order valence-electron chi connectivity index (χ2n) is 3.99. The number of methoxy groups -OCH3 is 1. The Morgan fingerprint density at radius 1 is 1.39 bits per heavy atom. The van der Waals surface area contributed by atoms with E-state index in [2.05, 4.69) is 9.97 Å². The first-order valence-electron chi connectivity index (χ1n) is 5.46. The standard InChI is InChI=1S/C13H13FN2OS/c1-8-3-4-9(14)5-11(8)13-15-10(7-17-2)6-12(18)16-13/h3-6H,7H2,1-2H3,(H,15,16,18). The number of benzene rings is 1. The van der Waals surface area contributed by atoms with Gasteiger partial charge in [-0.2, -0.15) is 0 Å². The van der Waals surface area contributed by atoms with Crippen LogP contribution in [-0.4, -0.2) is 17.1 Å². The van der Waals surface area contributed by atoms with Gasteiger partial charge in [-0.1, -0.05) is 18.3 Å². The highest BCUT2D eigenvalue weighted by Gasteiger charge is 2.07. The number of hydrogen-bond donors (Lipinski definition) is 1. The largest absolute Gasteiger partial charge is 0.378 e. The summed E-state index contributed by atoms with van der Waals surface area (Å²) in [6.45, 7) is 2.31. The summed E-state index contributed by atoms with van der Waals surface area (Å²) in [5, 5.41) is 0. The van der Waals surface area contributed by atoms with Crippen LogP contribution in [-0.2, 0) is 11.3 Å². The molecule has 0 aliphatic heterocycles. The summed E-state index contributed by atoms with van der Waals surface area (Å²) < 4.78 is 18.8. The van der Waals surface area contributed by atoms with Crippen LogP contribution in [0.2, 0.25) is 0 Å². The summed E-state index contributed by atoms with van der Waals surface area (Å²) in [6.07, 6.45) is 0. The lowest BCUT2D eigenvalue weighted by molar-refractivity contribution is 0.181. The third-order valence-corrected chi connectivity index (χ3v) is 2.76. The highest BCUT2D eigenvalue weighted by Crippen LogP contribution is 2.21. The van der Waals surface area contributed by atoms with Gasteiger partial charge >= 0.3 is 0 Å². The number of nitrogens with zero attached hydrogens (tertiary/aromatic N) is 1. The molecule has 18 heavy (non-hydrogen) atoms. The van der Waals surface area contributed by atoms with E-state index in [0.717, 1.165) is 11.3 Å². The van der Waals surface area contributed by atoms with Gasteiger partial charge in [0.05, 0.1) is 6.61 Å². The molecule has 1 aromatic carbocycles. The van der Waals surface area contributed by atoms with Gasteiger partial charge in [-0.25, -0.2) is 9.37 Å². The normalized spacial score (nSPS) is 10.6. The molecule has 0 aliphatic carbocycles. The predicted octanol–water partition coefficient (Wildman–Crippen LogP) is 3.40. The predicted molar refractivity (Wildman–Crippen MR) is 70.3 cm³/mol. The van der Waals surface area contributed by atoms with E-state index in [9.17, 15) is 4.39 Å². The van der Waals surface area contributed by atoms with Crippen molar-refractivity contribution in [3.05, 3.63) is 46.0 Å². The lowest BCUT2D eigenvalue weighted by Crippen LogP contribution is -1.99. The highest BCUT2D eigenvalue weighted by molar-refractivity contribution is 7.71. The molecule has 3 nitrogen and oxygen atoms in total. The van der Waals surface area contributed by atoms with Crippen LogP contribution < -0.4 is 0 Å². The Morgan fingerprint density at radius 3 is 2.89 bits per heavy atom. The Kier molecular flexibility index (Phi) is 3.84. The van der Waals surface area contributed by atoms with Gasteiger partial charge < -0.3 is 9.72 Å². The monoisotopic (exact) mass is 264 g/mol. The fourth-order valence-electron chi connectivity index (χ4n) is 1.72. The quantitative estimate of drug-likeness (QED) is 0.863. The third kappa shape index (κ3) is 2.80. The summed E-state index contributed by atoms with van der Waals surface area (Å²) in [5.74, 6) is 0.264. The smallest absolute Gasteiger partial charge is 0.139 e. The summed E-state index contributed by atoms with van der Waals surface area (Å²) in [5.41, 5.74) is 2.46. The minimum absolute atomic E-state index is 0.297. The first-order chi connectivity index (χ1) is 8.60. The van der Waals surface area contributed by atoms with Crippen LogP contribution in [0, 0.1) is 17.4 Å². The van der Waals surface area contributed by atoms with Gasteiger partial charge in [0.1, 0.15) is 16.3 Å². The topological polar surface area (TPSA) is 37.9 Å². The van der Waals surface area contributed by atoms with Crippen LogP contribution in [0.5, 0.6) is 0 Å². The molecular formula is C13H13FN2OS. The van der Waals surface area contributed by atoms with Crippen molar-refractivity contribution >= 4 is 12.2 Å². The molecule has 1 aromatic heterocycles. The highest BCUT2D eigenvalue weighted by atomic mass is 32.1. The second-order valence-corrected chi connectivity index (χ2v) is 4.40. The number of nitrogens with one attached hydrogen (secondary N) is 1. The zero-order valence-electron chi connectivity index (χ0n) is 10.2. The Bertz CT molecular complexity index is 625. The molecule has 0 spiro atoms. The molecular weight excluding hydrogens is 251 g/mol. The molecule has 0 unspecified atom stereocenters. The number of aromatic amines is 1. The molecule has 0 saturated carbocycles. The van der Waals surface area contributed by atoms with Gasteiger partial charge in [-0.15, -0.1) is 0 Å². The molecule has 0 radical (unpaired) electrons. The van der Waals surface area contributed by atoms with Crippen molar-refractivity contribution in [3.63, 3.8) is 0 Å². The maximum Gasteiger partial charge on any atom is 0.139 e. The lowest BCUT2D eigenvalue weighted by Gasteiger charge is -2.08. The molecule has 2 aromatic rings. The van der Waals surface area contributed by atoms with E-state index < -0.39 is 0 Å². The summed E-state index contributed by atoms with van der Waals surface area (Å²) in [4.78, 5) is 7.33. The van der Waals surface area contributed by atoms with Crippen molar-refractivity contribution in [1.82, 2.24) is 9.97 Å². The molecule has 0 atom stereocenters. The van der Waals surface area contributed by atoms with Crippen molar-refractivity contribution < 1.29 is 9.13 Å². The maximum atomic E-state index is 13.3. The molecule has 0 bridgehead atoms. The first-order valence-corrected chi connectivity index (χ1v) is 5.86. The van der Waals surface area contributed by atoms with E-state index in [4.69, 9.17) is 17.0 Å². The minimum atomic E-state index is -0.297. The van der Waals surface area contributed by atoms with Crippen LogP contribution in [0.4, 0.5) is 4.39 Å². The molecule has 94 valence electrons. The van der Waals surface area contributed by atoms with Crippen LogP contribution in [0.25, 0.3) is 11.4 Å². The number of aromatic nitrogens is 2. The van der Waals surface area contributed by atoms with Crippen molar-refractivity contribution in [2.24, 2.45) is 0 Å². The van der Waals surface area contributed by atoms with Gasteiger partial charge in [0.25, 0.3) is 0 Å². The third-order valence-electron chi connectivity index (χ3n) is 2.55. The van der Waals surface area contributed by atoms with E-state index in [1.807, 2.05) is 6.92 Å². The Labute approximate surface area is 110 Å². The molecule has 0 aliphatic rings. The number of H-pyrrole nitrogens is 1. The van der Waals surface area contributed by atoms with E-state index in [0.29, 0.717) is 22.6 Å². The van der Waals surface area contributed by atoms with Gasteiger partial charge in [-0.3, -0.25) is 0 Å². The average Bonchev–Trinajstić information content (AvgIpc) is 2.32. The van der Waals surface area contributed by atoms with Crippen molar-refractivity contribution in [1.29, 1.82) is 0 Å². The zero-order valence-corrected chi connectivity index (χ0v) is 11.0. The van der Waals surface area contributed by atoms with Crippen LogP contribution in [0.3, 0.4) is 0 Å². The van der Waals surface area contributed by atoms with E-state index in [1.54, 1.807) is 19.2 Å². The molecule has 1 heterocycles. The average molecular weight is 264 g/mol. The molecule has 0 amide bonds. The van der Waals surface area contributed by atoms with Gasteiger partial charge in [0.15, 0.2) is 0 Å². The second kappa shape index (κ2) is 5.37. The van der Waals surface area contributed by atoms with E-state index >= 15 is 0 Å². The Hall–Kier alpha value is -1.59. The minimum Gasteiger partial charge on any atom is -0.378 e. The summed E-state index contributed by atoms with van der Waals surface area (Å²) >= 11 is 5.10. The van der Waals surface area contributed by atoms with E-state index in [-0.39, 0.29) is 5.82 Å². The maximum absolute atomic E-state index is 13.3. The van der Waals surface area contributed by atoms with Crippen LogP contribution >= 0.6 is 12.2 Å². The molecule has 2 rings (SSSR count). The lowest BCUT2D eigenvalue weighted by atomic mass is 10.1. The van der Waals surface area contributed by atoms with Gasteiger partial charge in [0, 0.05) is 18.4 Å². The van der Waals surface area contributed by atoms with Gasteiger partial charge in [-0.05, 0) is 30.7 Å². The summed E-state index contributed by atoms with van der Waals surface area (Å²) in [7, 11) is 1.60. The number of halogens is 1. The molecule has 5 heteroatoms. The summed E-state index contributed by atoms with van der Waals surface area (Å²) in [6, 6.07) is 6.31. The number of hydrogen-bond acceptors (Lipinski definition) is 3. The fraction of sp³-hybridized carbons (Fsp3) is 0.231. The van der Waals surface area contributed by atoms with Crippen molar-refractivity contribution in [3.8, 4) is 11.4 Å². The molecule has 1 N–H and O–H groups in total. The molecule has 0 fully saturated rings. The first kappa shape index (κ1) is 12.9. The van der Waals surface area contributed by atoms with E-state index in [1.165, 1.54) is 12.1 Å². The van der Waals surface area contributed by atoms with Crippen LogP contribution in [0.15, 0.2) is 24.3 Å². The fourth-order valence-corrected chi connectivity index (χ4v) is 1.95. The zero-order chi connectivity index (χ0) is 13.1. The Balaban J connectivity index is 2.56. The van der Waals surface area contributed by atoms with Gasteiger partial charge in [0.2, 0.25) is 0 Å². The SMILES string of the molecule is COCc1cc(=S)nc(-c2cc(F)ccc2C)[nH]1. The number of rotatable bonds is 3.